The van der Waals surface area contributed by atoms with Gasteiger partial charge in [0.15, 0.2) is 0 Å². The topological polar surface area (TPSA) is 48.4 Å². The molecule has 0 unspecified atom stereocenters. The van der Waals surface area contributed by atoms with E-state index in [0.717, 1.165) is 36.5 Å². The molecular formula is C21H22F3N3O. The average Bonchev–Trinajstić information content (AvgIpc) is 2.67. The highest BCUT2D eigenvalue weighted by molar-refractivity contribution is 5.93. The zero-order valence-electron chi connectivity index (χ0n) is 15.7. The molecule has 7 heteroatoms. The number of alkyl halides is 3. The number of aromatic hydroxyl groups is 1. The molecule has 0 aliphatic carbocycles. The molecule has 4 nitrogen and oxygen atoms in total. The first-order valence-electron chi connectivity index (χ1n) is 9.09. The number of rotatable bonds is 6. The number of hydrogen-bond acceptors (Lipinski definition) is 4. The Morgan fingerprint density at radius 3 is 2.46 bits per heavy atom. The second-order valence-electron chi connectivity index (χ2n) is 6.52. The molecule has 2 aromatic carbocycles. The summed E-state index contributed by atoms with van der Waals surface area (Å²) in [7, 11) is 0. The molecule has 148 valence electrons. The minimum Gasteiger partial charge on any atom is -0.508 e. The lowest BCUT2D eigenvalue weighted by Crippen LogP contribution is -2.22. The zero-order valence-corrected chi connectivity index (χ0v) is 15.7. The Labute approximate surface area is 161 Å². The molecule has 2 N–H and O–H groups in total. The molecule has 28 heavy (non-hydrogen) atoms. The van der Waals surface area contributed by atoms with E-state index in [1.807, 2.05) is 6.07 Å². The van der Waals surface area contributed by atoms with Gasteiger partial charge >= 0.3 is 6.18 Å². The van der Waals surface area contributed by atoms with Crippen LogP contribution in [-0.2, 0) is 12.7 Å². The number of anilines is 2. The summed E-state index contributed by atoms with van der Waals surface area (Å²) in [6, 6.07) is 10.4. The summed E-state index contributed by atoms with van der Waals surface area (Å²) in [5.74, 6) is 0.215. The highest BCUT2D eigenvalue weighted by Crippen LogP contribution is 2.34. The van der Waals surface area contributed by atoms with Crippen LogP contribution in [0.15, 0.2) is 48.7 Å². The number of nitrogens with one attached hydrogen (secondary N) is 1. The van der Waals surface area contributed by atoms with Crippen LogP contribution in [0, 0.1) is 0 Å². The first kappa shape index (κ1) is 19.9. The van der Waals surface area contributed by atoms with Crippen LogP contribution >= 0.6 is 0 Å². The maximum absolute atomic E-state index is 12.9. The van der Waals surface area contributed by atoms with Crippen molar-refractivity contribution in [3.05, 3.63) is 59.8 Å². The second-order valence-corrected chi connectivity index (χ2v) is 6.52. The lowest BCUT2D eigenvalue weighted by molar-refractivity contribution is -0.137. The summed E-state index contributed by atoms with van der Waals surface area (Å²) in [6.45, 7) is 6.45. The van der Waals surface area contributed by atoms with Crippen molar-refractivity contribution in [1.82, 2.24) is 9.88 Å². The van der Waals surface area contributed by atoms with E-state index in [1.165, 1.54) is 12.3 Å². The van der Waals surface area contributed by atoms with Gasteiger partial charge in [-0.25, -0.2) is 0 Å². The van der Waals surface area contributed by atoms with Crippen LogP contribution in [0.2, 0.25) is 0 Å². The minimum atomic E-state index is -4.41. The van der Waals surface area contributed by atoms with Crippen LogP contribution < -0.4 is 5.32 Å². The fourth-order valence-corrected chi connectivity index (χ4v) is 3.07. The maximum atomic E-state index is 12.9. The summed E-state index contributed by atoms with van der Waals surface area (Å²) >= 11 is 0. The molecule has 0 saturated carbocycles. The quantitative estimate of drug-likeness (QED) is 0.543. The third-order valence-corrected chi connectivity index (χ3v) is 4.72. The second kappa shape index (κ2) is 8.06. The molecule has 0 spiro atoms. The van der Waals surface area contributed by atoms with Crippen LogP contribution in [0.25, 0.3) is 10.9 Å². The SMILES string of the molecule is CCN(CC)Cc1cc(Nc2ccnc3cc(C(F)(F)F)ccc23)ccc1O. The van der Waals surface area contributed by atoms with Crippen molar-refractivity contribution in [1.29, 1.82) is 0 Å². The fourth-order valence-electron chi connectivity index (χ4n) is 3.07. The fraction of sp³-hybridized carbons (Fsp3) is 0.286. The Morgan fingerprint density at radius 1 is 1.04 bits per heavy atom. The Bertz CT molecular complexity index is 969. The van der Waals surface area contributed by atoms with Crippen molar-refractivity contribution in [2.75, 3.05) is 18.4 Å². The number of hydrogen-bond donors (Lipinski definition) is 2. The van der Waals surface area contributed by atoms with E-state index < -0.39 is 11.7 Å². The number of halogens is 3. The van der Waals surface area contributed by atoms with Gasteiger partial charge in [0.2, 0.25) is 0 Å². The Balaban J connectivity index is 1.92. The van der Waals surface area contributed by atoms with E-state index in [1.54, 1.807) is 18.2 Å². The smallest absolute Gasteiger partial charge is 0.416 e. The predicted molar refractivity (Wildman–Crippen MR) is 105 cm³/mol. The molecular weight excluding hydrogens is 367 g/mol. The monoisotopic (exact) mass is 389 g/mol. The van der Waals surface area contributed by atoms with Gasteiger partial charge in [-0.3, -0.25) is 9.88 Å². The van der Waals surface area contributed by atoms with Crippen LogP contribution in [-0.4, -0.2) is 28.1 Å². The molecule has 0 aliphatic heterocycles. The molecule has 1 heterocycles. The molecule has 0 amide bonds. The summed E-state index contributed by atoms with van der Waals surface area (Å²) in [5.41, 5.74) is 1.72. The van der Waals surface area contributed by atoms with E-state index in [0.29, 0.717) is 17.6 Å². The summed E-state index contributed by atoms with van der Waals surface area (Å²) in [4.78, 5) is 6.24. The number of fused-ring (bicyclic) bond motifs is 1. The minimum absolute atomic E-state index is 0.215. The normalized spacial score (nSPS) is 11.9. The van der Waals surface area contributed by atoms with Gasteiger partial charge in [0.25, 0.3) is 0 Å². The molecule has 0 saturated heterocycles. The largest absolute Gasteiger partial charge is 0.508 e. The van der Waals surface area contributed by atoms with E-state index in [-0.39, 0.29) is 11.3 Å². The van der Waals surface area contributed by atoms with Crippen LogP contribution in [0.5, 0.6) is 5.75 Å². The molecule has 0 aliphatic rings. The number of phenols is 1. The van der Waals surface area contributed by atoms with Gasteiger partial charge in [0.05, 0.1) is 11.1 Å². The molecule has 3 aromatic rings. The standard InChI is InChI=1S/C21H22F3N3O/c1-3-27(4-2)13-14-11-16(6-8-20(14)28)26-18-9-10-25-19-12-15(21(22,23)24)5-7-17(18)19/h5-12,28H,3-4,13H2,1-2H3,(H,25,26). The summed E-state index contributed by atoms with van der Waals surface area (Å²) in [6.07, 6.45) is -2.93. The van der Waals surface area contributed by atoms with Gasteiger partial charge in [-0.1, -0.05) is 19.9 Å². The van der Waals surface area contributed by atoms with Crippen LogP contribution in [0.4, 0.5) is 24.5 Å². The van der Waals surface area contributed by atoms with E-state index in [9.17, 15) is 18.3 Å². The maximum Gasteiger partial charge on any atom is 0.416 e. The molecule has 1 aromatic heterocycles. The Morgan fingerprint density at radius 2 is 1.79 bits per heavy atom. The van der Waals surface area contributed by atoms with Gasteiger partial charge in [-0.15, -0.1) is 0 Å². The van der Waals surface area contributed by atoms with Crippen molar-refractivity contribution in [2.24, 2.45) is 0 Å². The molecule has 0 fully saturated rings. The summed E-state index contributed by atoms with van der Waals surface area (Å²) < 4.78 is 38.8. The van der Waals surface area contributed by atoms with Crippen molar-refractivity contribution < 1.29 is 18.3 Å². The molecule has 0 bridgehead atoms. The van der Waals surface area contributed by atoms with Gasteiger partial charge in [0, 0.05) is 35.1 Å². The number of pyridine rings is 1. The number of nitrogens with zero attached hydrogens (tertiary/aromatic N) is 2. The first-order chi connectivity index (χ1) is 13.3. The van der Waals surface area contributed by atoms with E-state index in [2.05, 4.69) is 29.0 Å². The Hall–Kier alpha value is -2.80. The third kappa shape index (κ3) is 4.36. The number of aromatic nitrogens is 1. The van der Waals surface area contributed by atoms with Gasteiger partial charge < -0.3 is 10.4 Å². The molecule has 0 atom stereocenters. The summed E-state index contributed by atoms with van der Waals surface area (Å²) in [5, 5.41) is 14.0. The van der Waals surface area contributed by atoms with Crippen LogP contribution in [0.3, 0.4) is 0 Å². The average molecular weight is 389 g/mol. The van der Waals surface area contributed by atoms with Crippen molar-refractivity contribution in [3.63, 3.8) is 0 Å². The molecule has 0 radical (unpaired) electrons. The lowest BCUT2D eigenvalue weighted by atomic mass is 10.1. The van der Waals surface area contributed by atoms with Crippen molar-refractivity contribution in [3.8, 4) is 5.75 Å². The first-order valence-corrected chi connectivity index (χ1v) is 9.09. The van der Waals surface area contributed by atoms with Gasteiger partial charge in [-0.2, -0.15) is 13.2 Å². The Kier molecular flexibility index (Phi) is 5.74. The van der Waals surface area contributed by atoms with Crippen LogP contribution in [0.1, 0.15) is 25.0 Å². The van der Waals surface area contributed by atoms with Crippen molar-refractivity contribution in [2.45, 2.75) is 26.6 Å². The number of benzene rings is 2. The van der Waals surface area contributed by atoms with Gasteiger partial charge in [-0.05, 0) is 49.5 Å². The zero-order chi connectivity index (χ0) is 20.3. The number of phenolic OH excluding ortho intramolecular Hbond substituents is 1. The van der Waals surface area contributed by atoms with Crippen molar-refractivity contribution >= 4 is 22.3 Å². The molecule has 3 rings (SSSR count). The highest BCUT2D eigenvalue weighted by Gasteiger charge is 2.30. The van der Waals surface area contributed by atoms with E-state index >= 15 is 0 Å². The van der Waals surface area contributed by atoms with Gasteiger partial charge in [0.1, 0.15) is 5.75 Å². The predicted octanol–water partition coefficient (Wildman–Crippen LogP) is 5.54. The highest BCUT2D eigenvalue weighted by atomic mass is 19.4. The third-order valence-electron chi connectivity index (χ3n) is 4.72. The van der Waals surface area contributed by atoms with E-state index in [4.69, 9.17) is 0 Å². The lowest BCUT2D eigenvalue weighted by Gasteiger charge is -2.19.